The largest absolute Gasteiger partial charge is 0.381 e. The van der Waals surface area contributed by atoms with Crippen LogP contribution >= 0.6 is 0 Å². The Morgan fingerprint density at radius 3 is 2.44 bits per heavy atom. The van der Waals surface area contributed by atoms with E-state index in [4.69, 9.17) is 5.73 Å². The summed E-state index contributed by atoms with van der Waals surface area (Å²) >= 11 is 0. The fourth-order valence-electron chi connectivity index (χ4n) is 1.52. The number of halogens is 2. The molecule has 0 aliphatic carbocycles. The zero-order valence-electron chi connectivity index (χ0n) is 10.1. The van der Waals surface area contributed by atoms with Gasteiger partial charge in [0.25, 0.3) is 0 Å². The smallest absolute Gasteiger partial charge is 0.169 e. The minimum atomic E-state index is -0.863. The average Bonchev–Trinajstić information content (AvgIpc) is 2.31. The van der Waals surface area contributed by atoms with Crippen LogP contribution in [0.4, 0.5) is 26.1 Å². The van der Waals surface area contributed by atoms with Gasteiger partial charge in [0.05, 0.1) is 0 Å². The topological polar surface area (TPSA) is 50.9 Å². The maximum Gasteiger partial charge on any atom is 0.169 e. The Bertz CT molecular complexity index is 597. The lowest BCUT2D eigenvalue weighted by atomic mass is 10.1. The number of nitrogens with two attached hydrogens (primary N) is 1. The first-order valence-electron chi connectivity index (χ1n) is 5.43. The third-order valence-electron chi connectivity index (χ3n) is 2.73. The number of hydrogen-bond acceptors (Lipinski definition) is 3. The Hall–Kier alpha value is -2.17. The molecule has 0 radical (unpaired) electrons. The molecule has 1 aromatic carbocycles. The molecule has 0 saturated heterocycles. The number of aryl methyl sites for hydroxylation is 2. The number of nitrogen functional groups attached to an aromatic ring is 1. The van der Waals surface area contributed by atoms with Gasteiger partial charge in [-0.15, -0.1) is 0 Å². The molecule has 0 bridgehead atoms. The summed E-state index contributed by atoms with van der Waals surface area (Å²) < 4.78 is 26.4. The van der Waals surface area contributed by atoms with E-state index in [0.29, 0.717) is 11.8 Å². The van der Waals surface area contributed by atoms with Crippen LogP contribution in [0.5, 0.6) is 0 Å². The van der Waals surface area contributed by atoms with Gasteiger partial charge in [0.2, 0.25) is 0 Å². The highest BCUT2D eigenvalue weighted by molar-refractivity contribution is 5.59. The van der Waals surface area contributed by atoms with Crippen LogP contribution in [0.3, 0.4) is 0 Å². The number of anilines is 3. The summed E-state index contributed by atoms with van der Waals surface area (Å²) in [4.78, 5) is 3.64. The molecule has 5 heteroatoms. The molecule has 3 N–H and O–H groups in total. The molecule has 0 spiro atoms. The predicted molar refractivity (Wildman–Crippen MR) is 67.8 cm³/mol. The minimum absolute atomic E-state index is 0.0860. The summed E-state index contributed by atoms with van der Waals surface area (Å²) in [5, 5.41) is 2.78. The summed E-state index contributed by atoms with van der Waals surface area (Å²) in [5.74, 6) is -2.06. The van der Waals surface area contributed by atoms with Crippen molar-refractivity contribution in [1.82, 2.24) is 4.98 Å². The number of nitrogens with one attached hydrogen (secondary N) is 1. The third-order valence-corrected chi connectivity index (χ3v) is 2.73. The number of rotatable bonds is 2. The zero-order chi connectivity index (χ0) is 13.3. The first kappa shape index (κ1) is 12.3. The van der Waals surface area contributed by atoms with E-state index < -0.39 is 11.6 Å². The van der Waals surface area contributed by atoms with Crippen molar-refractivity contribution in [2.75, 3.05) is 11.1 Å². The highest BCUT2D eigenvalue weighted by Gasteiger charge is 2.10. The molecule has 2 aromatic rings. The Morgan fingerprint density at radius 2 is 1.78 bits per heavy atom. The Balaban J connectivity index is 2.34. The number of hydrogen-bond donors (Lipinski definition) is 2. The Kier molecular flexibility index (Phi) is 3.14. The normalized spacial score (nSPS) is 10.4. The molecule has 0 aliphatic rings. The summed E-state index contributed by atoms with van der Waals surface area (Å²) in [6.45, 7) is 3.93. The van der Waals surface area contributed by atoms with Crippen LogP contribution in [0, 0.1) is 25.5 Å². The molecule has 1 heterocycles. The van der Waals surface area contributed by atoms with Gasteiger partial charge in [-0.3, -0.25) is 0 Å². The average molecular weight is 249 g/mol. The van der Waals surface area contributed by atoms with Crippen molar-refractivity contribution >= 4 is 17.3 Å². The summed E-state index contributed by atoms with van der Waals surface area (Å²) in [6.07, 6.45) is 0. The Morgan fingerprint density at radius 1 is 1.06 bits per heavy atom. The molecule has 0 amide bonds. The van der Waals surface area contributed by atoms with Crippen molar-refractivity contribution in [2.45, 2.75) is 13.8 Å². The van der Waals surface area contributed by atoms with Crippen LogP contribution in [-0.2, 0) is 0 Å². The number of nitrogens with zero attached hydrogens (tertiary/aromatic N) is 1. The summed E-state index contributed by atoms with van der Waals surface area (Å²) in [6, 6.07) is 6.27. The van der Waals surface area contributed by atoms with E-state index in [9.17, 15) is 8.78 Å². The second kappa shape index (κ2) is 4.60. The summed E-state index contributed by atoms with van der Waals surface area (Å²) in [5.41, 5.74) is 8.18. The molecule has 3 nitrogen and oxygen atoms in total. The van der Waals surface area contributed by atoms with Gasteiger partial charge in [0, 0.05) is 11.8 Å². The van der Waals surface area contributed by atoms with Crippen LogP contribution in [-0.4, -0.2) is 4.98 Å². The van der Waals surface area contributed by atoms with Crippen molar-refractivity contribution < 1.29 is 8.78 Å². The summed E-state index contributed by atoms with van der Waals surface area (Å²) in [7, 11) is 0. The highest BCUT2D eigenvalue weighted by Crippen LogP contribution is 2.22. The second-order valence-corrected chi connectivity index (χ2v) is 4.11. The predicted octanol–water partition coefficient (Wildman–Crippen LogP) is 3.30. The van der Waals surface area contributed by atoms with Gasteiger partial charge in [-0.05, 0) is 37.1 Å². The lowest BCUT2D eigenvalue weighted by Crippen LogP contribution is -2.03. The van der Waals surface area contributed by atoms with Crippen molar-refractivity contribution in [3.63, 3.8) is 0 Å². The SMILES string of the molecule is Cc1ccc(Nc2nc(N)c(F)cc2F)cc1C. The van der Waals surface area contributed by atoms with Gasteiger partial charge in [0.1, 0.15) is 0 Å². The van der Waals surface area contributed by atoms with Crippen molar-refractivity contribution in [3.05, 3.63) is 47.0 Å². The van der Waals surface area contributed by atoms with E-state index in [1.165, 1.54) is 0 Å². The number of benzene rings is 1. The van der Waals surface area contributed by atoms with Gasteiger partial charge < -0.3 is 11.1 Å². The van der Waals surface area contributed by atoms with Gasteiger partial charge in [-0.2, -0.15) is 0 Å². The molecule has 18 heavy (non-hydrogen) atoms. The molecule has 94 valence electrons. The molecule has 0 aliphatic heterocycles. The zero-order valence-corrected chi connectivity index (χ0v) is 10.1. The lowest BCUT2D eigenvalue weighted by molar-refractivity contribution is 0.581. The van der Waals surface area contributed by atoms with E-state index in [1.807, 2.05) is 26.0 Å². The molecule has 0 fully saturated rings. The van der Waals surface area contributed by atoms with Gasteiger partial charge in [-0.25, -0.2) is 13.8 Å². The van der Waals surface area contributed by atoms with E-state index >= 15 is 0 Å². The van der Waals surface area contributed by atoms with Crippen molar-refractivity contribution in [3.8, 4) is 0 Å². The van der Waals surface area contributed by atoms with Crippen LogP contribution in [0.2, 0.25) is 0 Å². The van der Waals surface area contributed by atoms with Gasteiger partial charge in [0.15, 0.2) is 23.3 Å². The monoisotopic (exact) mass is 249 g/mol. The van der Waals surface area contributed by atoms with E-state index in [1.54, 1.807) is 6.07 Å². The first-order chi connectivity index (χ1) is 8.47. The molecule has 1 aromatic heterocycles. The maximum absolute atomic E-state index is 13.5. The number of aromatic nitrogens is 1. The maximum atomic E-state index is 13.5. The number of pyridine rings is 1. The Labute approximate surface area is 104 Å². The van der Waals surface area contributed by atoms with E-state index in [-0.39, 0.29) is 11.6 Å². The van der Waals surface area contributed by atoms with E-state index in [2.05, 4.69) is 10.3 Å². The molecular weight excluding hydrogens is 236 g/mol. The molecular formula is C13H13F2N3. The third kappa shape index (κ3) is 2.40. The standard InChI is InChI=1S/C13H13F2N3/c1-7-3-4-9(5-8(7)2)17-13-11(15)6-10(14)12(16)18-13/h3-6H,1-2H3,(H3,16,17,18). The van der Waals surface area contributed by atoms with E-state index in [0.717, 1.165) is 11.1 Å². The van der Waals surface area contributed by atoms with Crippen molar-refractivity contribution in [2.24, 2.45) is 0 Å². The fraction of sp³-hybridized carbons (Fsp3) is 0.154. The van der Waals surface area contributed by atoms with Gasteiger partial charge >= 0.3 is 0 Å². The van der Waals surface area contributed by atoms with Crippen LogP contribution in [0.25, 0.3) is 0 Å². The molecule has 2 rings (SSSR count). The molecule has 0 atom stereocenters. The second-order valence-electron chi connectivity index (χ2n) is 4.11. The quantitative estimate of drug-likeness (QED) is 0.858. The fourth-order valence-corrected chi connectivity index (χ4v) is 1.52. The van der Waals surface area contributed by atoms with Gasteiger partial charge in [-0.1, -0.05) is 6.07 Å². The van der Waals surface area contributed by atoms with Crippen LogP contribution in [0.15, 0.2) is 24.3 Å². The molecule has 0 saturated carbocycles. The minimum Gasteiger partial charge on any atom is -0.381 e. The van der Waals surface area contributed by atoms with Crippen LogP contribution in [0.1, 0.15) is 11.1 Å². The first-order valence-corrected chi connectivity index (χ1v) is 5.43. The molecule has 0 unspecified atom stereocenters. The lowest BCUT2D eigenvalue weighted by Gasteiger charge is -2.09. The highest BCUT2D eigenvalue weighted by atomic mass is 19.1. The van der Waals surface area contributed by atoms with Crippen molar-refractivity contribution in [1.29, 1.82) is 0 Å². The van der Waals surface area contributed by atoms with Crippen LogP contribution < -0.4 is 11.1 Å².